The number of ether oxygens (including phenoxy) is 2. The van der Waals surface area contributed by atoms with Crippen LogP contribution in [0.15, 0.2) is 77.8 Å². The molecular formula is C25H25NO2. The van der Waals surface area contributed by atoms with E-state index in [9.17, 15) is 0 Å². The van der Waals surface area contributed by atoms with Gasteiger partial charge in [0.15, 0.2) is 0 Å². The molecule has 3 aromatic rings. The maximum Gasteiger partial charge on any atom is 0.217 e. The lowest BCUT2D eigenvalue weighted by Gasteiger charge is -2.15. The highest BCUT2D eigenvalue weighted by atomic mass is 16.5. The fraction of sp³-hybridized carbons (Fsp3) is 0.240. The van der Waals surface area contributed by atoms with E-state index in [-0.39, 0.29) is 12.1 Å². The summed E-state index contributed by atoms with van der Waals surface area (Å²) in [5.74, 6) is 1.65. The van der Waals surface area contributed by atoms with Gasteiger partial charge in [-0.1, -0.05) is 60.7 Å². The topological polar surface area (TPSA) is 30.8 Å². The first-order chi connectivity index (χ1) is 13.6. The molecule has 0 spiro atoms. The van der Waals surface area contributed by atoms with Gasteiger partial charge in [0.1, 0.15) is 18.4 Å². The molecular weight excluding hydrogens is 346 g/mol. The number of para-hydroxylation sites is 1. The van der Waals surface area contributed by atoms with Gasteiger partial charge in [-0.2, -0.15) is 0 Å². The molecule has 0 aliphatic carbocycles. The van der Waals surface area contributed by atoms with Crippen molar-refractivity contribution in [1.29, 1.82) is 0 Å². The minimum atomic E-state index is 0.0332. The molecule has 28 heavy (non-hydrogen) atoms. The van der Waals surface area contributed by atoms with Crippen LogP contribution in [0.25, 0.3) is 11.1 Å². The largest absolute Gasteiger partial charge is 0.490 e. The molecule has 0 saturated heterocycles. The molecule has 0 N–H and O–H groups in total. The molecule has 3 aromatic carbocycles. The normalized spacial score (nSPS) is 16.0. The third-order valence-corrected chi connectivity index (χ3v) is 4.88. The van der Waals surface area contributed by atoms with E-state index in [0.29, 0.717) is 6.61 Å². The van der Waals surface area contributed by atoms with Gasteiger partial charge < -0.3 is 9.47 Å². The van der Waals surface area contributed by atoms with Crippen LogP contribution in [0.2, 0.25) is 0 Å². The Morgan fingerprint density at radius 1 is 0.893 bits per heavy atom. The SMILES string of the molecule is Cc1ccccc1C1=NC(c2ccc(-c3ccccc3OC(C)C)cc2)CO1. The quantitative estimate of drug-likeness (QED) is 0.553. The zero-order chi connectivity index (χ0) is 19.5. The summed E-state index contributed by atoms with van der Waals surface area (Å²) in [6, 6.07) is 25.0. The number of rotatable bonds is 5. The van der Waals surface area contributed by atoms with Crippen molar-refractivity contribution in [3.63, 3.8) is 0 Å². The van der Waals surface area contributed by atoms with Crippen LogP contribution in [0, 0.1) is 6.92 Å². The van der Waals surface area contributed by atoms with E-state index >= 15 is 0 Å². The summed E-state index contributed by atoms with van der Waals surface area (Å²) in [4.78, 5) is 4.82. The Kier molecular flexibility index (Phi) is 5.16. The average Bonchev–Trinajstić information content (AvgIpc) is 3.18. The van der Waals surface area contributed by atoms with Gasteiger partial charge in [-0.3, -0.25) is 0 Å². The maximum absolute atomic E-state index is 5.96. The summed E-state index contributed by atoms with van der Waals surface area (Å²) in [5.41, 5.74) is 5.66. The third-order valence-electron chi connectivity index (χ3n) is 4.88. The van der Waals surface area contributed by atoms with E-state index in [1.165, 1.54) is 5.56 Å². The first kappa shape index (κ1) is 18.3. The Morgan fingerprint density at radius 3 is 2.29 bits per heavy atom. The van der Waals surface area contributed by atoms with Crippen molar-refractivity contribution < 1.29 is 9.47 Å². The molecule has 142 valence electrons. The van der Waals surface area contributed by atoms with Crippen LogP contribution < -0.4 is 4.74 Å². The first-order valence-corrected chi connectivity index (χ1v) is 9.74. The number of aryl methyl sites for hydroxylation is 1. The Bertz CT molecular complexity index is 989. The zero-order valence-electron chi connectivity index (χ0n) is 16.6. The molecule has 3 heteroatoms. The summed E-state index contributed by atoms with van der Waals surface area (Å²) >= 11 is 0. The van der Waals surface area contributed by atoms with Crippen LogP contribution in [-0.2, 0) is 4.74 Å². The highest BCUT2D eigenvalue weighted by molar-refractivity contribution is 5.96. The molecule has 1 aliphatic rings. The Balaban J connectivity index is 1.57. The summed E-state index contributed by atoms with van der Waals surface area (Å²) in [7, 11) is 0. The second-order valence-corrected chi connectivity index (χ2v) is 7.36. The monoisotopic (exact) mass is 371 g/mol. The first-order valence-electron chi connectivity index (χ1n) is 9.74. The van der Waals surface area contributed by atoms with Crippen molar-refractivity contribution >= 4 is 5.90 Å². The van der Waals surface area contributed by atoms with Crippen molar-refractivity contribution in [2.75, 3.05) is 6.61 Å². The van der Waals surface area contributed by atoms with Gasteiger partial charge in [0.05, 0.1) is 6.10 Å². The van der Waals surface area contributed by atoms with E-state index in [0.717, 1.165) is 33.9 Å². The molecule has 1 atom stereocenters. The molecule has 3 nitrogen and oxygen atoms in total. The number of aliphatic imine (C=N–C) groups is 1. The molecule has 0 saturated carbocycles. The lowest BCUT2D eigenvalue weighted by molar-refractivity contribution is 0.243. The molecule has 0 radical (unpaired) electrons. The molecule has 0 amide bonds. The summed E-state index contributed by atoms with van der Waals surface area (Å²) in [6.07, 6.45) is 0.144. The highest BCUT2D eigenvalue weighted by Gasteiger charge is 2.22. The predicted octanol–water partition coefficient (Wildman–Crippen LogP) is 5.97. The fourth-order valence-electron chi connectivity index (χ4n) is 3.45. The molecule has 1 heterocycles. The molecule has 4 rings (SSSR count). The standard InChI is InChI=1S/C25H25NO2/c1-17(2)28-24-11-7-6-10-22(24)19-12-14-20(15-13-19)23-16-27-25(26-23)21-9-5-4-8-18(21)3/h4-15,17,23H,16H2,1-3H3. The lowest BCUT2D eigenvalue weighted by Crippen LogP contribution is -2.06. The summed E-state index contributed by atoms with van der Waals surface area (Å²) in [5, 5.41) is 0. The fourth-order valence-corrected chi connectivity index (χ4v) is 3.45. The number of hydrogen-bond acceptors (Lipinski definition) is 3. The van der Waals surface area contributed by atoms with Crippen molar-refractivity contribution in [3.8, 4) is 16.9 Å². The van der Waals surface area contributed by atoms with Crippen molar-refractivity contribution in [1.82, 2.24) is 0 Å². The number of benzene rings is 3. The van der Waals surface area contributed by atoms with Gasteiger partial charge in [-0.05, 0) is 49.6 Å². The Morgan fingerprint density at radius 2 is 1.57 bits per heavy atom. The van der Waals surface area contributed by atoms with Gasteiger partial charge in [0.25, 0.3) is 0 Å². The van der Waals surface area contributed by atoms with Crippen molar-refractivity contribution in [2.45, 2.75) is 32.9 Å². The highest BCUT2D eigenvalue weighted by Crippen LogP contribution is 2.33. The molecule has 1 unspecified atom stereocenters. The smallest absolute Gasteiger partial charge is 0.217 e. The van der Waals surface area contributed by atoms with Crippen LogP contribution in [-0.4, -0.2) is 18.6 Å². The van der Waals surface area contributed by atoms with Crippen molar-refractivity contribution in [2.24, 2.45) is 4.99 Å². The molecule has 0 fully saturated rings. The van der Waals surface area contributed by atoms with Gasteiger partial charge in [-0.15, -0.1) is 0 Å². The second-order valence-electron chi connectivity index (χ2n) is 7.36. The van der Waals surface area contributed by atoms with Gasteiger partial charge in [0.2, 0.25) is 5.90 Å². The van der Waals surface area contributed by atoms with E-state index in [4.69, 9.17) is 14.5 Å². The Labute approximate surface area is 166 Å². The lowest BCUT2D eigenvalue weighted by atomic mass is 10.0. The van der Waals surface area contributed by atoms with Crippen LogP contribution in [0.1, 0.15) is 36.6 Å². The molecule has 0 aromatic heterocycles. The average molecular weight is 371 g/mol. The molecule has 1 aliphatic heterocycles. The van der Waals surface area contributed by atoms with E-state index < -0.39 is 0 Å². The zero-order valence-corrected chi connectivity index (χ0v) is 16.6. The summed E-state index contributed by atoms with van der Waals surface area (Å²) in [6.45, 7) is 6.75. The number of hydrogen-bond donors (Lipinski definition) is 0. The van der Waals surface area contributed by atoms with Gasteiger partial charge in [-0.25, -0.2) is 4.99 Å². The molecule has 0 bridgehead atoms. The van der Waals surface area contributed by atoms with Gasteiger partial charge >= 0.3 is 0 Å². The van der Waals surface area contributed by atoms with Crippen LogP contribution in [0.5, 0.6) is 5.75 Å². The summed E-state index contributed by atoms with van der Waals surface area (Å²) < 4.78 is 11.9. The van der Waals surface area contributed by atoms with Gasteiger partial charge in [0, 0.05) is 11.1 Å². The Hall–Kier alpha value is -3.07. The predicted molar refractivity (Wildman–Crippen MR) is 114 cm³/mol. The second kappa shape index (κ2) is 7.89. The van der Waals surface area contributed by atoms with Crippen LogP contribution in [0.3, 0.4) is 0 Å². The minimum Gasteiger partial charge on any atom is -0.490 e. The van der Waals surface area contributed by atoms with E-state index in [1.807, 2.05) is 44.2 Å². The number of nitrogens with zero attached hydrogens (tertiary/aromatic N) is 1. The van der Waals surface area contributed by atoms with Crippen LogP contribution >= 0.6 is 0 Å². The maximum atomic E-state index is 5.96. The van der Waals surface area contributed by atoms with E-state index in [1.54, 1.807) is 0 Å². The third kappa shape index (κ3) is 3.79. The van der Waals surface area contributed by atoms with E-state index in [2.05, 4.69) is 49.4 Å². The van der Waals surface area contributed by atoms with Crippen LogP contribution in [0.4, 0.5) is 0 Å². The minimum absolute atomic E-state index is 0.0332. The van der Waals surface area contributed by atoms with Crippen molar-refractivity contribution in [3.05, 3.63) is 89.5 Å².